The number of ether oxygens (including phenoxy) is 1. The van der Waals surface area contributed by atoms with Crippen LogP contribution in [0.5, 0.6) is 5.75 Å². The van der Waals surface area contributed by atoms with Crippen LogP contribution in [0.15, 0.2) is 12.1 Å². The van der Waals surface area contributed by atoms with E-state index in [0.717, 1.165) is 31.5 Å². The van der Waals surface area contributed by atoms with Crippen LogP contribution in [0.3, 0.4) is 0 Å². The molecule has 3 nitrogen and oxygen atoms in total. The molecule has 0 unspecified atom stereocenters. The fourth-order valence-electron chi connectivity index (χ4n) is 1.33. The number of hydrogen-bond donors (Lipinski definition) is 1. The number of alkyl halides is 1. The monoisotopic (exact) mass is 366 g/mol. The maximum atomic E-state index is 5.31. The van der Waals surface area contributed by atoms with Crippen molar-refractivity contribution in [1.82, 2.24) is 9.97 Å². The summed E-state index contributed by atoms with van der Waals surface area (Å²) < 4.78 is 6.39. The van der Waals surface area contributed by atoms with Gasteiger partial charge in [-0.2, -0.15) is 0 Å². The maximum Gasteiger partial charge on any atom is 0.159 e. The Morgan fingerprint density at radius 3 is 3.00 bits per heavy atom. The molecule has 0 aliphatic carbocycles. The van der Waals surface area contributed by atoms with Crippen LogP contribution >= 0.6 is 38.5 Å². The summed E-state index contributed by atoms with van der Waals surface area (Å²) >= 11 is 5.60. The normalized spacial score (nSPS) is 10.8. The zero-order valence-electron chi connectivity index (χ0n) is 7.47. The van der Waals surface area contributed by atoms with Crippen LogP contribution in [-0.4, -0.2) is 17.1 Å². The summed E-state index contributed by atoms with van der Waals surface area (Å²) in [7, 11) is 1.67. The first-order chi connectivity index (χ1) is 6.76. The molecule has 0 radical (unpaired) electrons. The second kappa shape index (κ2) is 4.06. The van der Waals surface area contributed by atoms with Gasteiger partial charge in [-0.3, -0.25) is 0 Å². The number of aromatic nitrogens is 2. The zero-order chi connectivity index (χ0) is 10.1. The van der Waals surface area contributed by atoms with Crippen molar-refractivity contribution >= 4 is 49.6 Å². The summed E-state index contributed by atoms with van der Waals surface area (Å²) in [5.41, 5.74) is 1.91. The molecule has 14 heavy (non-hydrogen) atoms. The Hall–Kier alpha value is -0.300. The molecule has 0 saturated heterocycles. The second-order valence-corrected chi connectivity index (χ2v) is 4.52. The van der Waals surface area contributed by atoms with Gasteiger partial charge in [0, 0.05) is 0 Å². The minimum atomic E-state index is 0.724. The van der Waals surface area contributed by atoms with Gasteiger partial charge in [-0.1, -0.05) is 15.9 Å². The fourth-order valence-corrected chi connectivity index (χ4v) is 2.26. The van der Waals surface area contributed by atoms with Crippen LogP contribution in [0, 0.1) is 3.57 Å². The average molecular weight is 367 g/mol. The lowest BCUT2D eigenvalue weighted by Gasteiger charge is -2.02. The largest absolute Gasteiger partial charge is 0.493 e. The Balaban J connectivity index is 2.73. The number of benzene rings is 1. The van der Waals surface area contributed by atoms with Crippen molar-refractivity contribution < 1.29 is 4.74 Å². The van der Waals surface area contributed by atoms with Gasteiger partial charge in [-0.05, 0) is 34.7 Å². The number of nitrogens with one attached hydrogen (secondary N) is 1. The van der Waals surface area contributed by atoms with Gasteiger partial charge in [0.05, 0.1) is 21.5 Å². The molecule has 0 amide bonds. The minimum absolute atomic E-state index is 0.724. The van der Waals surface area contributed by atoms with E-state index in [9.17, 15) is 0 Å². The number of halogens is 2. The SMILES string of the molecule is COc1c(I)ccc2[nH]c(CBr)nc12. The number of aromatic amines is 1. The van der Waals surface area contributed by atoms with E-state index in [2.05, 4.69) is 48.5 Å². The first-order valence-electron chi connectivity index (χ1n) is 4.03. The van der Waals surface area contributed by atoms with E-state index in [-0.39, 0.29) is 0 Å². The van der Waals surface area contributed by atoms with E-state index in [1.807, 2.05) is 12.1 Å². The lowest BCUT2D eigenvalue weighted by atomic mass is 10.3. The third-order valence-electron chi connectivity index (χ3n) is 1.94. The first-order valence-corrected chi connectivity index (χ1v) is 6.23. The van der Waals surface area contributed by atoms with E-state index in [1.54, 1.807) is 7.11 Å². The van der Waals surface area contributed by atoms with Crippen LogP contribution in [0.4, 0.5) is 0 Å². The van der Waals surface area contributed by atoms with Gasteiger partial charge in [-0.15, -0.1) is 0 Å². The number of hydrogen-bond acceptors (Lipinski definition) is 2. The third-order valence-corrected chi connectivity index (χ3v) is 3.32. The number of imidazole rings is 1. The number of methoxy groups -OCH3 is 1. The van der Waals surface area contributed by atoms with Crippen molar-refractivity contribution in [3.05, 3.63) is 21.5 Å². The van der Waals surface area contributed by atoms with Crippen LogP contribution in [0.2, 0.25) is 0 Å². The third kappa shape index (κ3) is 1.63. The van der Waals surface area contributed by atoms with Crippen LogP contribution in [0.1, 0.15) is 5.82 Å². The molecule has 1 N–H and O–H groups in total. The Kier molecular flexibility index (Phi) is 2.96. The molecule has 74 valence electrons. The van der Waals surface area contributed by atoms with Crippen molar-refractivity contribution in [2.75, 3.05) is 7.11 Å². The van der Waals surface area contributed by atoms with Gasteiger partial charge in [0.25, 0.3) is 0 Å². The Labute approximate surface area is 104 Å². The molecule has 2 rings (SSSR count). The van der Waals surface area contributed by atoms with E-state index in [0.29, 0.717) is 0 Å². The van der Waals surface area contributed by atoms with Gasteiger partial charge in [0.15, 0.2) is 5.75 Å². The van der Waals surface area contributed by atoms with Crippen molar-refractivity contribution in [2.45, 2.75) is 5.33 Å². The van der Waals surface area contributed by atoms with E-state index in [1.165, 1.54) is 0 Å². The predicted molar refractivity (Wildman–Crippen MR) is 68.0 cm³/mol. The molecule has 5 heteroatoms. The summed E-state index contributed by atoms with van der Waals surface area (Å²) in [4.78, 5) is 7.64. The van der Waals surface area contributed by atoms with Gasteiger partial charge in [0.2, 0.25) is 0 Å². The fraction of sp³-hybridized carbons (Fsp3) is 0.222. The first kappa shape index (κ1) is 10.2. The molecule has 0 fully saturated rings. The standard InChI is InChI=1S/C9H8BrIN2O/c1-14-9-5(11)2-3-6-8(9)13-7(4-10)12-6/h2-3H,4H2,1H3,(H,12,13). The molecule has 1 heterocycles. The molecule has 0 aliphatic rings. The molecule has 0 aliphatic heterocycles. The molecule has 1 aromatic heterocycles. The van der Waals surface area contributed by atoms with Crippen molar-refractivity contribution in [3.8, 4) is 5.75 Å². The molecule has 2 aromatic rings. The quantitative estimate of drug-likeness (QED) is 0.655. The molecule has 1 aromatic carbocycles. The summed E-state index contributed by atoms with van der Waals surface area (Å²) in [5.74, 6) is 1.76. The maximum absolute atomic E-state index is 5.31. The van der Waals surface area contributed by atoms with Crippen LogP contribution in [0.25, 0.3) is 11.0 Å². The lowest BCUT2D eigenvalue weighted by molar-refractivity contribution is 0.416. The molecular formula is C9H8BrIN2O. The van der Waals surface area contributed by atoms with E-state index < -0.39 is 0 Å². The highest BCUT2D eigenvalue weighted by Gasteiger charge is 2.10. The number of H-pyrrole nitrogens is 1. The molecule has 0 spiro atoms. The number of rotatable bonds is 2. The molecule has 0 saturated carbocycles. The van der Waals surface area contributed by atoms with Crippen LogP contribution < -0.4 is 4.74 Å². The highest BCUT2D eigenvalue weighted by molar-refractivity contribution is 14.1. The Morgan fingerprint density at radius 1 is 1.57 bits per heavy atom. The van der Waals surface area contributed by atoms with Crippen molar-refractivity contribution in [3.63, 3.8) is 0 Å². The molecular weight excluding hydrogens is 359 g/mol. The summed E-state index contributed by atoms with van der Waals surface area (Å²) in [5, 5.41) is 0.724. The summed E-state index contributed by atoms with van der Waals surface area (Å²) in [6, 6.07) is 4.02. The van der Waals surface area contributed by atoms with Gasteiger partial charge in [-0.25, -0.2) is 4.98 Å². The van der Waals surface area contributed by atoms with Crippen molar-refractivity contribution in [1.29, 1.82) is 0 Å². The lowest BCUT2D eigenvalue weighted by Crippen LogP contribution is -1.88. The predicted octanol–water partition coefficient (Wildman–Crippen LogP) is 3.07. The Bertz CT molecular complexity index is 469. The number of nitrogens with zero attached hydrogens (tertiary/aromatic N) is 1. The Morgan fingerprint density at radius 2 is 2.36 bits per heavy atom. The second-order valence-electron chi connectivity index (χ2n) is 2.79. The van der Waals surface area contributed by atoms with Gasteiger partial charge in [0.1, 0.15) is 11.3 Å². The molecule has 0 atom stereocenters. The zero-order valence-corrected chi connectivity index (χ0v) is 11.2. The average Bonchev–Trinajstić information content (AvgIpc) is 2.60. The minimum Gasteiger partial charge on any atom is -0.493 e. The van der Waals surface area contributed by atoms with Gasteiger partial charge < -0.3 is 9.72 Å². The topological polar surface area (TPSA) is 37.9 Å². The number of fused-ring (bicyclic) bond motifs is 1. The van der Waals surface area contributed by atoms with E-state index in [4.69, 9.17) is 4.74 Å². The smallest absolute Gasteiger partial charge is 0.159 e. The van der Waals surface area contributed by atoms with E-state index >= 15 is 0 Å². The highest BCUT2D eigenvalue weighted by Crippen LogP contribution is 2.29. The van der Waals surface area contributed by atoms with Crippen molar-refractivity contribution in [2.24, 2.45) is 0 Å². The van der Waals surface area contributed by atoms with Gasteiger partial charge >= 0.3 is 0 Å². The summed E-state index contributed by atoms with van der Waals surface area (Å²) in [6.45, 7) is 0. The van der Waals surface area contributed by atoms with Crippen LogP contribution in [-0.2, 0) is 5.33 Å². The highest BCUT2D eigenvalue weighted by atomic mass is 127. The molecule has 0 bridgehead atoms. The summed E-state index contributed by atoms with van der Waals surface area (Å²) in [6.07, 6.45) is 0.